The molecule has 1 aromatic rings. The molecule has 1 N–H and O–H groups in total. The van der Waals surface area contributed by atoms with Crippen LogP contribution in [0.15, 0.2) is 24.3 Å². The van der Waals surface area contributed by atoms with E-state index in [0.717, 1.165) is 19.6 Å². The van der Waals surface area contributed by atoms with Crippen molar-refractivity contribution in [2.75, 3.05) is 26.2 Å². The first-order chi connectivity index (χ1) is 10.2. The normalized spacial score (nSPS) is 12.8. The van der Waals surface area contributed by atoms with E-state index in [-0.39, 0.29) is 0 Å². The van der Waals surface area contributed by atoms with Gasteiger partial charge in [0.2, 0.25) is 0 Å². The first-order valence-electron chi connectivity index (χ1n) is 8.79. The molecule has 0 spiro atoms. The highest BCUT2D eigenvalue weighted by Crippen LogP contribution is 2.16. The molecule has 0 bridgehead atoms. The van der Waals surface area contributed by atoms with Crippen LogP contribution in [0.5, 0.6) is 0 Å². The Hall–Kier alpha value is -0.860. The van der Waals surface area contributed by atoms with E-state index in [1.807, 2.05) is 0 Å². The van der Waals surface area contributed by atoms with E-state index < -0.39 is 0 Å². The van der Waals surface area contributed by atoms with Gasteiger partial charge in [-0.05, 0) is 43.6 Å². The summed E-state index contributed by atoms with van der Waals surface area (Å²) in [5.74, 6) is 0. The van der Waals surface area contributed by atoms with Crippen LogP contribution in [-0.4, -0.2) is 31.1 Å². The number of hydrogen-bond donors (Lipinski definition) is 1. The molecule has 21 heavy (non-hydrogen) atoms. The van der Waals surface area contributed by atoms with Crippen molar-refractivity contribution in [2.24, 2.45) is 0 Å². The minimum Gasteiger partial charge on any atom is -0.309 e. The maximum Gasteiger partial charge on any atom is 0.0449 e. The molecule has 0 aliphatic heterocycles. The number of hydrogen-bond acceptors (Lipinski definition) is 2. The van der Waals surface area contributed by atoms with E-state index in [1.54, 1.807) is 0 Å². The molecule has 0 saturated heterocycles. The second kappa shape index (κ2) is 10.8. The molecule has 0 amide bonds. The van der Waals surface area contributed by atoms with Gasteiger partial charge in [0.25, 0.3) is 0 Å². The SMILES string of the molecule is CCCCN(CC)CC(NCC)c1ccc(CCC)cc1. The molecular weight excluding hydrogens is 256 g/mol. The highest BCUT2D eigenvalue weighted by molar-refractivity contribution is 5.25. The van der Waals surface area contributed by atoms with Crippen LogP contribution < -0.4 is 5.32 Å². The van der Waals surface area contributed by atoms with Gasteiger partial charge in [0, 0.05) is 12.6 Å². The summed E-state index contributed by atoms with van der Waals surface area (Å²) in [4.78, 5) is 2.57. The predicted octanol–water partition coefficient (Wildman–Crippen LogP) is 4.41. The van der Waals surface area contributed by atoms with Gasteiger partial charge in [-0.25, -0.2) is 0 Å². The third-order valence-corrected chi connectivity index (χ3v) is 4.09. The third-order valence-electron chi connectivity index (χ3n) is 4.09. The second-order valence-electron chi connectivity index (χ2n) is 5.85. The molecule has 2 nitrogen and oxygen atoms in total. The van der Waals surface area contributed by atoms with E-state index >= 15 is 0 Å². The van der Waals surface area contributed by atoms with Gasteiger partial charge in [0.1, 0.15) is 0 Å². The number of unbranched alkanes of at least 4 members (excludes halogenated alkanes) is 1. The Labute approximate surface area is 131 Å². The number of benzene rings is 1. The van der Waals surface area contributed by atoms with Crippen LogP contribution in [0, 0.1) is 0 Å². The molecule has 0 aromatic heterocycles. The zero-order chi connectivity index (χ0) is 15.5. The Balaban J connectivity index is 2.70. The molecule has 0 saturated carbocycles. The average Bonchev–Trinajstić information content (AvgIpc) is 2.51. The summed E-state index contributed by atoms with van der Waals surface area (Å²) >= 11 is 0. The van der Waals surface area contributed by atoms with Crippen molar-refractivity contribution in [2.45, 2.75) is 59.4 Å². The van der Waals surface area contributed by atoms with E-state index in [1.165, 1.54) is 43.4 Å². The Morgan fingerprint density at radius 3 is 2.24 bits per heavy atom. The molecule has 0 fully saturated rings. The van der Waals surface area contributed by atoms with Crippen molar-refractivity contribution >= 4 is 0 Å². The fraction of sp³-hybridized carbons (Fsp3) is 0.684. The van der Waals surface area contributed by atoms with Crippen molar-refractivity contribution in [3.63, 3.8) is 0 Å². The van der Waals surface area contributed by atoms with Crippen molar-refractivity contribution in [3.05, 3.63) is 35.4 Å². The van der Waals surface area contributed by atoms with Crippen molar-refractivity contribution in [3.8, 4) is 0 Å². The number of rotatable bonds is 11. The van der Waals surface area contributed by atoms with Gasteiger partial charge in [-0.15, -0.1) is 0 Å². The smallest absolute Gasteiger partial charge is 0.0449 e. The van der Waals surface area contributed by atoms with Crippen LogP contribution in [0.2, 0.25) is 0 Å². The standard InChI is InChI=1S/C19H34N2/c1-5-9-15-21(8-4)16-19(20-7-3)18-13-11-17(10-6-2)12-14-18/h11-14,19-20H,5-10,15-16H2,1-4H3. The summed E-state index contributed by atoms with van der Waals surface area (Å²) in [6.45, 7) is 13.4. The molecule has 1 unspecified atom stereocenters. The summed E-state index contributed by atoms with van der Waals surface area (Å²) in [5.41, 5.74) is 2.88. The molecule has 120 valence electrons. The number of nitrogens with one attached hydrogen (secondary N) is 1. The van der Waals surface area contributed by atoms with Gasteiger partial charge in [-0.3, -0.25) is 0 Å². The Morgan fingerprint density at radius 1 is 1.00 bits per heavy atom. The zero-order valence-corrected chi connectivity index (χ0v) is 14.5. The summed E-state index contributed by atoms with van der Waals surface area (Å²) < 4.78 is 0. The van der Waals surface area contributed by atoms with Crippen molar-refractivity contribution < 1.29 is 0 Å². The largest absolute Gasteiger partial charge is 0.309 e. The predicted molar refractivity (Wildman–Crippen MR) is 93.9 cm³/mol. The lowest BCUT2D eigenvalue weighted by molar-refractivity contribution is 0.251. The van der Waals surface area contributed by atoms with Gasteiger partial charge in [-0.2, -0.15) is 0 Å². The van der Waals surface area contributed by atoms with Crippen molar-refractivity contribution in [1.82, 2.24) is 10.2 Å². The topological polar surface area (TPSA) is 15.3 Å². The minimum atomic E-state index is 0.447. The molecule has 1 aromatic carbocycles. The van der Waals surface area contributed by atoms with Gasteiger partial charge in [0.05, 0.1) is 0 Å². The molecule has 1 rings (SSSR count). The minimum absolute atomic E-state index is 0.447. The second-order valence-corrected chi connectivity index (χ2v) is 5.85. The molecule has 2 heteroatoms. The maximum absolute atomic E-state index is 3.65. The lowest BCUT2D eigenvalue weighted by atomic mass is 10.0. The molecule has 0 radical (unpaired) electrons. The van der Waals surface area contributed by atoms with Crippen LogP contribution in [0.25, 0.3) is 0 Å². The average molecular weight is 290 g/mol. The van der Waals surface area contributed by atoms with E-state index in [2.05, 4.69) is 62.2 Å². The van der Waals surface area contributed by atoms with Crippen LogP contribution in [0.4, 0.5) is 0 Å². The Kier molecular flexibility index (Phi) is 9.36. The Morgan fingerprint density at radius 2 is 1.71 bits per heavy atom. The summed E-state index contributed by atoms with van der Waals surface area (Å²) in [6, 6.07) is 9.66. The first-order valence-corrected chi connectivity index (χ1v) is 8.79. The number of nitrogens with zero attached hydrogens (tertiary/aromatic N) is 1. The molecule has 0 heterocycles. The van der Waals surface area contributed by atoms with Crippen LogP contribution in [-0.2, 0) is 6.42 Å². The van der Waals surface area contributed by atoms with Gasteiger partial charge in [0.15, 0.2) is 0 Å². The summed E-state index contributed by atoms with van der Waals surface area (Å²) in [7, 11) is 0. The van der Waals surface area contributed by atoms with E-state index in [9.17, 15) is 0 Å². The maximum atomic E-state index is 3.65. The van der Waals surface area contributed by atoms with Gasteiger partial charge in [-0.1, -0.05) is 64.8 Å². The van der Waals surface area contributed by atoms with Gasteiger partial charge >= 0.3 is 0 Å². The summed E-state index contributed by atoms with van der Waals surface area (Å²) in [6.07, 6.45) is 4.97. The van der Waals surface area contributed by atoms with Crippen LogP contribution >= 0.6 is 0 Å². The Bertz CT molecular complexity index is 358. The lowest BCUT2D eigenvalue weighted by Gasteiger charge is -2.27. The van der Waals surface area contributed by atoms with Gasteiger partial charge < -0.3 is 10.2 Å². The highest BCUT2D eigenvalue weighted by atomic mass is 15.1. The van der Waals surface area contributed by atoms with E-state index in [4.69, 9.17) is 0 Å². The monoisotopic (exact) mass is 290 g/mol. The fourth-order valence-corrected chi connectivity index (χ4v) is 2.76. The zero-order valence-electron chi connectivity index (χ0n) is 14.5. The van der Waals surface area contributed by atoms with Crippen LogP contribution in [0.1, 0.15) is 64.1 Å². The first kappa shape index (κ1) is 18.2. The summed E-state index contributed by atoms with van der Waals surface area (Å²) in [5, 5.41) is 3.65. The fourth-order valence-electron chi connectivity index (χ4n) is 2.76. The highest BCUT2D eigenvalue weighted by Gasteiger charge is 2.14. The van der Waals surface area contributed by atoms with E-state index in [0.29, 0.717) is 6.04 Å². The quantitative estimate of drug-likeness (QED) is 0.649. The molecule has 1 atom stereocenters. The number of likely N-dealkylation sites (N-methyl/N-ethyl adjacent to an activating group) is 2. The lowest BCUT2D eigenvalue weighted by Crippen LogP contribution is -2.35. The molecule has 0 aliphatic carbocycles. The molecule has 0 aliphatic rings. The van der Waals surface area contributed by atoms with Crippen molar-refractivity contribution in [1.29, 1.82) is 0 Å². The molecular formula is C19H34N2. The van der Waals surface area contributed by atoms with Crippen LogP contribution in [0.3, 0.4) is 0 Å². The third kappa shape index (κ3) is 6.62. The number of aryl methyl sites for hydroxylation is 1.